The zero-order valence-corrected chi connectivity index (χ0v) is 8.60. The van der Waals surface area contributed by atoms with Crippen LogP contribution in [0.1, 0.15) is 33.1 Å². The van der Waals surface area contributed by atoms with Crippen LogP contribution in [0.4, 0.5) is 0 Å². The number of carbonyl (C=O) groups excluding carboxylic acids is 1. The first-order chi connectivity index (χ1) is 6.24. The van der Waals surface area contributed by atoms with Crippen molar-refractivity contribution in [1.82, 2.24) is 10.6 Å². The first-order valence-corrected chi connectivity index (χ1v) is 5.25. The Kier molecular flexibility index (Phi) is 4.22. The maximum atomic E-state index is 11.5. The molecule has 2 N–H and O–H groups in total. The topological polar surface area (TPSA) is 41.1 Å². The first kappa shape index (κ1) is 10.5. The van der Waals surface area contributed by atoms with E-state index < -0.39 is 0 Å². The average molecular weight is 184 g/mol. The van der Waals surface area contributed by atoms with Crippen molar-refractivity contribution in [3.63, 3.8) is 0 Å². The van der Waals surface area contributed by atoms with Gasteiger partial charge in [0.2, 0.25) is 5.91 Å². The van der Waals surface area contributed by atoms with Gasteiger partial charge in [0.1, 0.15) is 0 Å². The number of hydrogen-bond acceptors (Lipinski definition) is 2. The van der Waals surface area contributed by atoms with Crippen LogP contribution in [0, 0.1) is 5.92 Å². The second kappa shape index (κ2) is 5.22. The van der Waals surface area contributed by atoms with Crippen LogP contribution in [0.15, 0.2) is 0 Å². The van der Waals surface area contributed by atoms with Crippen molar-refractivity contribution in [3.8, 4) is 0 Å². The van der Waals surface area contributed by atoms with Crippen LogP contribution in [0.25, 0.3) is 0 Å². The van der Waals surface area contributed by atoms with Crippen molar-refractivity contribution in [1.29, 1.82) is 0 Å². The monoisotopic (exact) mass is 184 g/mol. The van der Waals surface area contributed by atoms with E-state index >= 15 is 0 Å². The third kappa shape index (κ3) is 3.35. The van der Waals surface area contributed by atoms with Crippen molar-refractivity contribution in [3.05, 3.63) is 0 Å². The molecule has 1 fully saturated rings. The average Bonchev–Trinajstić information content (AvgIpc) is 2.66. The Labute approximate surface area is 80.3 Å². The molecule has 2 atom stereocenters. The van der Waals surface area contributed by atoms with E-state index in [-0.39, 0.29) is 11.9 Å². The molecule has 76 valence electrons. The second-order valence-electron chi connectivity index (χ2n) is 3.91. The van der Waals surface area contributed by atoms with Crippen molar-refractivity contribution < 1.29 is 4.79 Å². The lowest BCUT2D eigenvalue weighted by Crippen LogP contribution is -2.41. The summed E-state index contributed by atoms with van der Waals surface area (Å²) in [4.78, 5) is 11.5. The zero-order chi connectivity index (χ0) is 9.68. The maximum absolute atomic E-state index is 11.5. The fraction of sp³-hybridized carbons (Fsp3) is 0.900. The van der Waals surface area contributed by atoms with E-state index in [1.165, 1.54) is 0 Å². The number of carbonyl (C=O) groups is 1. The van der Waals surface area contributed by atoms with Gasteiger partial charge in [-0.2, -0.15) is 0 Å². The molecule has 0 saturated carbocycles. The molecule has 0 aliphatic carbocycles. The van der Waals surface area contributed by atoms with Crippen LogP contribution in [-0.2, 0) is 4.79 Å². The van der Waals surface area contributed by atoms with Gasteiger partial charge in [0.25, 0.3) is 0 Å². The van der Waals surface area contributed by atoms with Gasteiger partial charge < -0.3 is 10.6 Å². The van der Waals surface area contributed by atoms with Crippen molar-refractivity contribution in [2.75, 3.05) is 13.1 Å². The smallest absolute Gasteiger partial charge is 0.237 e. The Morgan fingerprint density at radius 1 is 1.69 bits per heavy atom. The molecule has 1 aliphatic heterocycles. The van der Waals surface area contributed by atoms with Crippen molar-refractivity contribution in [2.24, 2.45) is 5.92 Å². The van der Waals surface area contributed by atoms with E-state index in [0.717, 1.165) is 32.4 Å². The molecule has 1 heterocycles. The van der Waals surface area contributed by atoms with Crippen LogP contribution in [0.3, 0.4) is 0 Å². The lowest BCUT2D eigenvalue weighted by Gasteiger charge is -2.13. The quantitative estimate of drug-likeness (QED) is 0.681. The molecule has 0 spiro atoms. The lowest BCUT2D eigenvalue weighted by molar-refractivity contribution is -0.122. The van der Waals surface area contributed by atoms with E-state index in [4.69, 9.17) is 0 Å². The normalized spacial score (nSPS) is 24.3. The van der Waals surface area contributed by atoms with Gasteiger partial charge in [0, 0.05) is 6.54 Å². The van der Waals surface area contributed by atoms with Crippen LogP contribution < -0.4 is 10.6 Å². The molecule has 13 heavy (non-hydrogen) atoms. The van der Waals surface area contributed by atoms with Crippen LogP contribution >= 0.6 is 0 Å². The number of hydrogen-bond donors (Lipinski definition) is 2. The van der Waals surface area contributed by atoms with E-state index in [0.29, 0.717) is 5.92 Å². The molecule has 3 nitrogen and oxygen atoms in total. The lowest BCUT2D eigenvalue weighted by atomic mass is 10.1. The van der Waals surface area contributed by atoms with Gasteiger partial charge in [-0.15, -0.1) is 0 Å². The molecule has 0 bridgehead atoms. The summed E-state index contributed by atoms with van der Waals surface area (Å²) in [5.74, 6) is 0.767. The Balaban J connectivity index is 2.16. The SMILES string of the molecule is CCC(C)CNC(=O)[C@H]1CCCN1. The summed E-state index contributed by atoms with van der Waals surface area (Å²) in [7, 11) is 0. The van der Waals surface area contributed by atoms with Gasteiger partial charge in [-0.25, -0.2) is 0 Å². The highest BCUT2D eigenvalue weighted by atomic mass is 16.2. The standard InChI is InChI=1S/C10H20N2O/c1-3-8(2)7-12-10(13)9-5-4-6-11-9/h8-9,11H,3-7H2,1-2H3,(H,12,13)/t8?,9-/m1/s1. The molecule has 1 unspecified atom stereocenters. The van der Waals surface area contributed by atoms with Gasteiger partial charge in [-0.3, -0.25) is 4.79 Å². The molecule has 1 aliphatic rings. The first-order valence-electron chi connectivity index (χ1n) is 5.25. The predicted octanol–water partition coefficient (Wildman–Crippen LogP) is 0.901. The summed E-state index contributed by atoms with van der Waals surface area (Å²) in [6.45, 7) is 6.10. The van der Waals surface area contributed by atoms with E-state index in [1.54, 1.807) is 0 Å². The van der Waals surface area contributed by atoms with Gasteiger partial charge in [0.05, 0.1) is 6.04 Å². The fourth-order valence-corrected chi connectivity index (χ4v) is 1.45. The van der Waals surface area contributed by atoms with E-state index in [9.17, 15) is 4.79 Å². The minimum Gasteiger partial charge on any atom is -0.354 e. The summed E-state index contributed by atoms with van der Waals surface area (Å²) in [6.07, 6.45) is 3.24. The Bertz CT molecular complexity index is 164. The van der Waals surface area contributed by atoms with Gasteiger partial charge in [0.15, 0.2) is 0 Å². The Morgan fingerprint density at radius 3 is 3.00 bits per heavy atom. The zero-order valence-electron chi connectivity index (χ0n) is 8.60. The molecular weight excluding hydrogens is 164 g/mol. The molecule has 1 rings (SSSR count). The van der Waals surface area contributed by atoms with Crippen molar-refractivity contribution in [2.45, 2.75) is 39.2 Å². The van der Waals surface area contributed by atoms with E-state index in [1.807, 2.05) is 0 Å². The summed E-state index contributed by atoms with van der Waals surface area (Å²) >= 11 is 0. The predicted molar refractivity (Wildman–Crippen MR) is 53.5 cm³/mol. The highest BCUT2D eigenvalue weighted by Gasteiger charge is 2.21. The van der Waals surface area contributed by atoms with Gasteiger partial charge >= 0.3 is 0 Å². The highest BCUT2D eigenvalue weighted by molar-refractivity contribution is 5.81. The Morgan fingerprint density at radius 2 is 2.46 bits per heavy atom. The summed E-state index contributed by atoms with van der Waals surface area (Å²) in [5.41, 5.74) is 0. The fourth-order valence-electron chi connectivity index (χ4n) is 1.45. The van der Waals surface area contributed by atoms with Crippen LogP contribution in [0.2, 0.25) is 0 Å². The molecule has 0 aromatic rings. The third-order valence-electron chi connectivity index (χ3n) is 2.70. The van der Waals surface area contributed by atoms with Crippen molar-refractivity contribution >= 4 is 5.91 Å². The summed E-state index contributed by atoms with van der Waals surface area (Å²) in [6, 6.07) is 0.0732. The third-order valence-corrected chi connectivity index (χ3v) is 2.70. The summed E-state index contributed by atoms with van der Waals surface area (Å²) in [5, 5.41) is 6.16. The van der Waals surface area contributed by atoms with Crippen LogP contribution in [-0.4, -0.2) is 25.0 Å². The largest absolute Gasteiger partial charge is 0.354 e. The number of amides is 1. The second-order valence-corrected chi connectivity index (χ2v) is 3.91. The number of nitrogens with one attached hydrogen (secondary N) is 2. The summed E-state index contributed by atoms with van der Waals surface area (Å²) < 4.78 is 0. The Hall–Kier alpha value is -0.570. The minimum absolute atomic E-state index is 0.0732. The molecule has 1 saturated heterocycles. The molecule has 3 heteroatoms. The molecule has 0 radical (unpaired) electrons. The molecule has 0 aromatic heterocycles. The minimum atomic E-state index is 0.0732. The molecule has 1 amide bonds. The molecule has 0 aromatic carbocycles. The maximum Gasteiger partial charge on any atom is 0.237 e. The van der Waals surface area contributed by atoms with Crippen LogP contribution in [0.5, 0.6) is 0 Å². The van der Waals surface area contributed by atoms with Gasteiger partial charge in [-0.05, 0) is 25.3 Å². The highest BCUT2D eigenvalue weighted by Crippen LogP contribution is 2.05. The van der Waals surface area contributed by atoms with Gasteiger partial charge in [-0.1, -0.05) is 20.3 Å². The number of rotatable bonds is 4. The van der Waals surface area contributed by atoms with E-state index in [2.05, 4.69) is 24.5 Å². The molecular formula is C10H20N2O.